The van der Waals surface area contributed by atoms with Crippen LogP contribution in [-0.2, 0) is 19.0 Å². The van der Waals surface area contributed by atoms with Gasteiger partial charge in [0.2, 0.25) is 0 Å². The average molecular weight is 261 g/mol. The molecule has 0 aliphatic heterocycles. The van der Waals surface area contributed by atoms with Crippen LogP contribution in [0.2, 0.25) is 0 Å². The third kappa shape index (κ3) is 15.5. The lowest BCUT2D eigenvalue weighted by Crippen LogP contribution is -2.24. The van der Waals surface area contributed by atoms with Gasteiger partial charge in [0.15, 0.2) is 5.78 Å². The summed E-state index contributed by atoms with van der Waals surface area (Å²) in [6.45, 7) is 8.75. The van der Waals surface area contributed by atoms with Crippen LogP contribution in [0.15, 0.2) is 0 Å². The van der Waals surface area contributed by atoms with Crippen molar-refractivity contribution in [3.05, 3.63) is 0 Å². The Morgan fingerprint density at radius 1 is 0.944 bits per heavy atom. The normalized spacial score (nSPS) is 10.8. The maximum atomic E-state index is 10.6. The molecule has 108 valence electrons. The first-order valence-corrected chi connectivity index (χ1v) is 6.70. The van der Waals surface area contributed by atoms with Gasteiger partial charge >= 0.3 is 0 Å². The van der Waals surface area contributed by atoms with Gasteiger partial charge < -0.3 is 19.5 Å². The van der Waals surface area contributed by atoms with Crippen LogP contribution in [-0.4, -0.2) is 58.5 Å². The van der Waals surface area contributed by atoms with Gasteiger partial charge in [-0.15, -0.1) is 0 Å². The standard InChI is InChI=1S/C13H27NO4/c1-3-4-7-16-8-5-14-6-9-17-10-11-18-12-13(2)15/h14H,3-12H2,1-2H3. The van der Waals surface area contributed by atoms with Crippen LogP contribution in [0.5, 0.6) is 0 Å². The van der Waals surface area contributed by atoms with Crippen LogP contribution < -0.4 is 5.32 Å². The summed E-state index contributed by atoms with van der Waals surface area (Å²) in [4.78, 5) is 10.6. The first-order valence-electron chi connectivity index (χ1n) is 6.70. The maximum Gasteiger partial charge on any atom is 0.155 e. The highest BCUT2D eigenvalue weighted by molar-refractivity contribution is 5.76. The number of hydrogen-bond acceptors (Lipinski definition) is 5. The molecule has 18 heavy (non-hydrogen) atoms. The van der Waals surface area contributed by atoms with Crippen molar-refractivity contribution in [1.29, 1.82) is 0 Å². The quantitative estimate of drug-likeness (QED) is 0.473. The van der Waals surface area contributed by atoms with E-state index < -0.39 is 0 Å². The zero-order valence-corrected chi connectivity index (χ0v) is 11.7. The van der Waals surface area contributed by atoms with Crippen molar-refractivity contribution >= 4 is 5.78 Å². The average Bonchev–Trinajstić information content (AvgIpc) is 2.34. The lowest BCUT2D eigenvalue weighted by Gasteiger charge is -2.07. The highest BCUT2D eigenvalue weighted by Crippen LogP contribution is 1.86. The van der Waals surface area contributed by atoms with Gasteiger partial charge in [-0.3, -0.25) is 4.79 Å². The van der Waals surface area contributed by atoms with Gasteiger partial charge in [-0.2, -0.15) is 0 Å². The molecule has 0 rings (SSSR count). The molecule has 0 saturated heterocycles. The Balaban J connectivity index is 2.92. The van der Waals surface area contributed by atoms with E-state index >= 15 is 0 Å². The number of hydrogen-bond donors (Lipinski definition) is 1. The molecule has 0 aromatic heterocycles. The molecular formula is C13H27NO4. The van der Waals surface area contributed by atoms with Crippen molar-refractivity contribution in [3.63, 3.8) is 0 Å². The fourth-order valence-electron chi connectivity index (χ4n) is 1.20. The van der Waals surface area contributed by atoms with E-state index in [1.807, 2.05) is 0 Å². The smallest absolute Gasteiger partial charge is 0.155 e. The van der Waals surface area contributed by atoms with Crippen molar-refractivity contribution in [2.24, 2.45) is 0 Å². The molecule has 0 atom stereocenters. The molecule has 0 aliphatic carbocycles. The summed E-state index contributed by atoms with van der Waals surface area (Å²) >= 11 is 0. The first-order chi connectivity index (χ1) is 8.77. The Hall–Kier alpha value is -0.490. The van der Waals surface area contributed by atoms with E-state index in [9.17, 15) is 4.79 Å². The predicted octanol–water partition coefficient (Wildman–Crippen LogP) is 1.01. The number of nitrogens with one attached hydrogen (secondary N) is 1. The van der Waals surface area contributed by atoms with Gasteiger partial charge in [-0.1, -0.05) is 13.3 Å². The van der Waals surface area contributed by atoms with Crippen molar-refractivity contribution in [2.75, 3.05) is 52.7 Å². The van der Waals surface area contributed by atoms with E-state index in [1.165, 1.54) is 13.3 Å². The molecular weight excluding hydrogens is 234 g/mol. The molecule has 5 nitrogen and oxygen atoms in total. The third-order valence-electron chi connectivity index (χ3n) is 2.17. The topological polar surface area (TPSA) is 56.8 Å². The SMILES string of the molecule is CCCCOCCNCCOCCOCC(C)=O. The van der Waals surface area contributed by atoms with Crippen LogP contribution in [0.4, 0.5) is 0 Å². The second kappa shape index (κ2) is 14.6. The molecule has 0 amide bonds. The minimum atomic E-state index is 0.0414. The number of carbonyl (C=O) groups is 1. The zero-order valence-electron chi connectivity index (χ0n) is 11.7. The van der Waals surface area contributed by atoms with Crippen LogP contribution >= 0.6 is 0 Å². The number of Topliss-reactive ketones (excluding diaryl/α,β-unsaturated/α-hetero) is 1. The van der Waals surface area contributed by atoms with E-state index in [4.69, 9.17) is 14.2 Å². The molecule has 0 bridgehead atoms. The van der Waals surface area contributed by atoms with E-state index in [0.29, 0.717) is 19.8 Å². The fraction of sp³-hybridized carbons (Fsp3) is 0.923. The summed E-state index contributed by atoms with van der Waals surface area (Å²) in [7, 11) is 0. The number of carbonyl (C=O) groups excluding carboxylic acids is 1. The Kier molecular flexibility index (Phi) is 14.2. The highest BCUT2D eigenvalue weighted by atomic mass is 16.5. The lowest BCUT2D eigenvalue weighted by molar-refractivity contribution is -0.121. The van der Waals surface area contributed by atoms with Gasteiger partial charge in [0.1, 0.15) is 6.61 Å². The minimum absolute atomic E-state index is 0.0414. The number of ketones is 1. The van der Waals surface area contributed by atoms with Crippen LogP contribution in [0.3, 0.4) is 0 Å². The Morgan fingerprint density at radius 3 is 2.17 bits per heavy atom. The summed E-state index contributed by atoms with van der Waals surface area (Å²) in [5, 5.41) is 3.23. The van der Waals surface area contributed by atoms with E-state index in [1.54, 1.807) is 0 Å². The van der Waals surface area contributed by atoms with Crippen LogP contribution in [0.1, 0.15) is 26.7 Å². The molecule has 0 unspecified atom stereocenters. The van der Waals surface area contributed by atoms with Crippen LogP contribution in [0, 0.1) is 0 Å². The number of ether oxygens (including phenoxy) is 3. The minimum Gasteiger partial charge on any atom is -0.380 e. The molecule has 0 heterocycles. The van der Waals surface area contributed by atoms with Gasteiger partial charge in [0, 0.05) is 19.7 Å². The molecule has 1 N–H and O–H groups in total. The molecule has 0 aromatic carbocycles. The second-order valence-electron chi connectivity index (χ2n) is 4.08. The van der Waals surface area contributed by atoms with Crippen LogP contribution in [0.25, 0.3) is 0 Å². The Labute approximate surface area is 110 Å². The highest BCUT2D eigenvalue weighted by Gasteiger charge is 1.93. The third-order valence-corrected chi connectivity index (χ3v) is 2.17. The van der Waals surface area contributed by atoms with E-state index in [-0.39, 0.29) is 12.4 Å². The predicted molar refractivity (Wildman–Crippen MR) is 70.9 cm³/mol. The molecule has 0 fully saturated rings. The van der Waals surface area contributed by atoms with Crippen molar-refractivity contribution in [3.8, 4) is 0 Å². The summed E-state index contributed by atoms with van der Waals surface area (Å²) in [6.07, 6.45) is 2.30. The maximum absolute atomic E-state index is 10.6. The Bertz CT molecular complexity index is 188. The van der Waals surface area contributed by atoms with Crippen molar-refractivity contribution in [2.45, 2.75) is 26.7 Å². The molecule has 0 saturated carbocycles. The van der Waals surface area contributed by atoms with E-state index in [0.717, 1.165) is 32.7 Å². The Morgan fingerprint density at radius 2 is 1.56 bits per heavy atom. The molecule has 0 aromatic rings. The van der Waals surface area contributed by atoms with Gasteiger partial charge in [0.25, 0.3) is 0 Å². The summed E-state index contributed by atoms with van der Waals surface area (Å²) in [5.74, 6) is 0.0414. The monoisotopic (exact) mass is 261 g/mol. The van der Waals surface area contributed by atoms with Crippen molar-refractivity contribution < 1.29 is 19.0 Å². The van der Waals surface area contributed by atoms with Gasteiger partial charge in [-0.05, 0) is 13.3 Å². The van der Waals surface area contributed by atoms with Crippen molar-refractivity contribution in [1.82, 2.24) is 5.32 Å². The molecule has 0 spiro atoms. The fourth-order valence-corrected chi connectivity index (χ4v) is 1.20. The van der Waals surface area contributed by atoms with Gasteiger partial charge in [0.05, 0.1) is 26.4 Å². The summed E-state index contributed by atoms with van der Waals surface area (Å²) < 4.78 is 15.8. The largest absolute Gasteiger partial charge is 0.380 e. The van der Waals surface area contributed by atoms with Gasteiger partial charge in [-0.25, -0.2) is 0 Å². The number of unbranched alkanes of at least 4 members (excludes halogenated alkanes) is 1. The summed E-state index contributed by atoms with van der Waals surface area (Å²) in [5.41, 5.74) is 0. The first kappa shape index (κ1) is 17.5. The molecule has 0 radical (unpaired) electrons. The molecule has 0 aliphatic rings. The van der Waals surface area contributed by atoms with E-state index in [2.05, 4.69) is 12.2 Å². The lowest BCUT2D eigenvalue weighted by atomic mass is 10.4. The zero-order chi connectivity index (χ0) is 13.5. The second-order valence-corrected chi connectivity index (χ2v) is 4.08. The summed E-state index contributed by atoms with van der Waals surface area (Å²) in [6, 6.07) is 0. The molecule has 5 heteroatoms. The number of rotatable bonds is 14.